The fourth-order valence-electron chi connectivity index (χ4n) is 3.93. The SMILES string of the molecule is Cc1cc(=O)c(C(=O)N2CCC(CNC(=O)c3cnn(C)c3)CC2)nn1-c1ccccc1F. The fraction of sp³-hybridized carbons (Fsp3) is 0.348. The predicted octanol–water partition coefficient (Wildman–Crippen LogP) is 1.70. The molecule has 1 aliphatic heterocycles. The Hall–Kier alpha value is -3.82. The summed E-state index contributed by atoms with van der Waals surface area (Å²) in [5, 5.41) is 11.1. The van der Waals surface area contributed by atoms with Crippen LogP contribution in [0.1, 0.15) is 39.4 Å². The number of nitrogens with zero attached hydrogens (tertiary/aromatic N) is 5. The summed E-state index contributed by atoms with van der Waals surface area (Å²) in [6.45, 7) is 3.03. The lowest BCUT2D eigenvalue weighted by Crippen LogP contribution is -2.43. The van der Waals surface area contributed by atoms with Crippen molar-refractivity contribution in [3.8, 4) is 5.69 Å². The monoisotopic (exact) mass is 452 g/mol. The molecule has 3 heterocycles. The molecule has 172 valence electrons. The number of aromatic nitrogens is 4. The Labute approximate surface area is 189 Å². The lowest BCUT2D eigenvalue weighted by Gasteiger charge is -2.31. The smallest absolute Gasteiger partial charge is 0.278 e. The Balaban J connectivity index is 1.40. The topological polar surface area (TPSA) is 102 Å². The van der Waals surface area contributed by atoms with Gasteiger partial charge in [-0.3, -0.25) is 19.1 Å². The first kappa shape index (κ1) is 22.4. The number of rotatable bonds is 5. The minimum atomic E-state index is -0.496. The summed E-state index contributed by atoms with van der Waals surface area (Å²) in [6.07, 6.45) is 4.54. The molecule has 1 saturated heterocycles. The lowest BCUT2D eigenvalue weighted by molar-refractivity contribution is 0.0675. The van der Waals surface area contributed by atoms with Gasteiger partial charge < -0.3 is 10.2 Å². The Morgan fingerprint density at radius 3 is 2.61 bits per heavy atom. The van der Waals surface area contributed by atoms with Gasteiger partial charge in [0.05, 0.1) is 11.8 Å². The van der Waals surface area contributed by atoms with Crippen LogP contribution in [0.4, 0.5) is 4.39 Å². The number of halogens is 1. The molecule has 4 rings (SSSR count). The summed E-state index contributed by atoms with van der Waals surface area (Å²) < 4.78 is 17.1. The lowest BCUT2D eigenvalue weighted by atomic mass is 9.96. The number of hydrogen-bond acceptors (Lipinski definition) is 5. The molecular weight excluding hydrogens is 427 g/mol. The van der Waals surface area contributed by atoms with Gasteiger partial charge in [-0.2, -0.15) is 10.2 Å². The molecule has 0 aliphatic carbocycles. The Morgan fingerprint density at radius 1 is 1.21 bits per heavy atom. The highest BCUT2D eigenvalue weighted by atomic mass is 19.1. The number of benzene rings is 1. The van der Waals surface area contributed by atoms with Crippen molar-refractivity contribution < 1.29 is 14.0 Å². The largest absolute Gasteiger partial charge is 0.352 e. The van der Waals surface area contributed by atoms with Crippen LogP contribution in [-0.2, 0) is 7.05 Å². The molecule has 9 nitrogen and oxygen atoms in total. The first-order valence-corrected chi connectivity index (χ1v) is 10.8. The average molecular weight is 452 g/mol. The third-order valence-corrected chi connectivity index (χ3v) is 5.81. The summed E-state index contributed by atoms with van der Waals surface area (Å²) in [5.41, 5.74) is 0.390. The zero-order chi connectivity index (χ0) is 23.5. The van der Waals surface area contributed by atoms with Crippen molar-refractivity contribution in [3.05, 3.63) is 75.7 Å². The maximum Gasteiger partial charge on any atom is 0.278 e. The van der Waals surface area contributed by atoms with Crippen molar-refractivity contribution in [1.29, 1.82) is 0 Å². The zero-order valence-electron chi connectivity index (χ0n) is 18.5. The molecule has 33 heavy (non-hydrogen) atoms. The molecule has 2 amide bonds. The van der Waals surface area contributed by atoms with Crippen molar-refractivity contribution in [2.45, 2.75) is 19.8 Å². The van der Waals surface area contributed by atoms with Crippen LogP contribution in [0.3, 0.4) is 0 Å². The number of para-hydroxylation sites is 1. The second-order valence-corrected chi connectivity index (χ2v) is 8.21. The van der Waals surface area contributed by atoms with E-state index in [-0.39, 0.29) is 23.2 Å². The normalized spacial score (nSPS) is 14.3. The van der Waals surface area contributed by atoms with E-state index in [1.54, 1.807) is 47.9 Å². The van der Waals surface area contributed by atoms with Crippen LogP contribution in [0, 0.1) is 18.7 Å². The van der Waals surface area contributed by atoms with Gasteiger partial charge in [0.1, 0.15) is 11.5 Å². The van der Waals surface area contributed by atoms with Crippen LogP contribution in [0.2, 0.25) is 0 Å². The molecule has 1 aliphatic rings. The van der Waals surface area contributed by atoms with Crippen LogP contribution in [0.25, 0.3) is 5.69 Å². The maximum absolute atomic E-state index is 14.3. The molecule has 0 saturated carbocycles. The summed E-state index contributed by atoms with van der Waals surface area (Å²) in [5.74, 6) is -0.929. The van der Waals surface area contributed by atoms with Crippen LogP contribution in [0.15, 0.2) is 47.5 Å². The molecule has 0 unspecified atom stereocenters. The minimum absolute atomic E-state index is 0.173. The van der Waals surface area contributed by atoms with E-state index >= 15 is 0 Å². The van der Waals surface area contributed by atoms with Crippen molar-refractivity contribution in [2.24, 2.45) is 13.0 Å². The molecule has 1 aromatic carbocycles. The van der Waals surface area contributed by atoms with Gasteiger partial charge >= 0.3 is 0 Å². The van der Waals surface area contributed by atoms with Crippen molar-refractivity contribution in [1.82, 2.24) is 29.8 Å². The molecule has 1 fully saturated rings. The summed E-state index contributed by atoms with van der Waals surface area (Å²) in [7, 11) is 1.75. The molecule has 3 aromatic rings. The summed E-state index contributed by atoms with van der Waals surface area (Å²) in [6, 6.07) is 7.36. The van der Waals surface area contributed by atoms with Crippen molar-refractivity contribution >= 4 is 11.8 Å². The highest BCUT2D eigenvalue weighted by Crippen LogP contribution is 2.19. The van der Waals surface area contributed by atoms with Gasteiger partial charge in [0, 0.05) is 44.6 Å². The zero-order valence-corrected chi connectivity index (χ0v) is 18.5. The average Bonchev–Trinajstić information content (AvgIpc) is 3.24. The van der Waals surface area contributed by atoms with Gasteiger partial charge in [0.2, 0.25) is 5.43 Å². The van der Waals surface area contributed by atoms with E-state index in [1.165, 1.54) is 23.0 Å². The first-order chi connectivity index (χ1) is 15.8. The number of piperidine rings is 1. The molecule has 0 bridgehead atoms. The number of carbonyl (C=O) groups is 2. The van der Waals surface area contributed by atoms with E-state index in [1.807, 2.05) is 0 Å². The van der Waals surface area contributed by atoms with E-state index in [9.17, 15) is 18.8 Å². The van der Waals surface area contributed by atoms with Crippen molar-refractivity contribution in [3.63, 3.8) is 0 Å². The number of hydrogen-bond donors (Lipinski definition) is 1. The number of likely N-dealkylation sites (tertiary alicyclic amines) is 1. The molecule has 0 radical (unpaired) electrons. The van der Waals surface area contributed by atoms with Crippen LogP contribution in [0.5, 0.6) is 0 Å². The number of amides is 2. The van der Waals surface area contributed by atoms with Crippen LogP contribution < -0.4 is 10.7 Å². The van der Waals surface area contributed by atoms with E-state index in [0.29, 0.717) is 43.7 Å². The first-order valence-electron chi connectivity index (χ1n) is 10.8. The van der Waals surface area contributed by atoms with E-state index < -0.39 is 17.2 Å². The standard InChI is InChI=1S/C23H25FN6O3/c1-15-11-20(31)21(27-30(15)19-6-4-3-5-18(19)24)23(33)29-9-7-16(8-10-29)12-25-22(32)17-13-26-28(2)14-17/h3-6,11,13-14,16H,7-10,12H2,1-2H3,(H,25,32). The van der Waals surface area contributed by atoms with Gasteiger partial charge in [0.15, 0.2) is 5.69 Å². The summed E-state index contributed by atoms with van der Waals surface area (Å²) >= 11 is 0. The van der Waals surface area contributed by atoms with Gasteiger partial charge in [-0.05, 0) is 37.8 Å². The van der Waals surface area contributed by atoms with Crippen LogP contribution in [-0.4, -0.2) is 55.9 Å². The van der Waals surface area contributed by atoms with Gasteiger partial charge in [-0.1, -0.05) is 12.1 Å². The highest BCUT2D eigenvalue weighted by Gasteiger charge is 2.27. The van der Waals surface area contributed by atoms with Gasteiger partial charge in [0.25, 0.3) is 11.8 Å². The van der Waals surface area contributed by atoms with E-state index in [4.69, 9.17) is 0 Å². The highest BCUT2D eigenvalue weighted by molar-refractivity contribution is 5.93. The molecule has 2 aromatic heterocycles. The van der Waals surface area contributed by atoms with Gasteiger partial charge in [-0.25, -0.2) is 9.07 Å². The molecular formula is C23H25FN6O3. The third-order valence-electron chi connectivity index (χ3n) is 5.81. The van der Waals surface area contributed by atoms with Crippen LogP contribution >= 0.6 is 0 Å². The number of nitrogens with one attached hydrogen (secondary N) is 1. The molecule has 0 spiro atoms. The number of carbonyl (C=O) groups excluding carboxylic acids is 2. The Kier molecular flexibility index (Phi) is 6.34. The molecule has 1 N–H and O–H groups in total. The van der Waals surface area contributed by atoms with E-state index in [0.717, 1.165) is 0 Å². The summed E-state index contributed by atoms with van der Waals surface area (Å²) in [4.78, 5) is 39.3. The Morgan fingerprint density at radius 2 is 1.94 bits per heavy atom. The van der Waals surface area contributed by atoms with E-state index in [2.05, 4.69) is 15.5 Å². The Bertz CT molecular complexity index is 1240. The second-order valence-electron chi connectivity index (χ2n) is 8.21. The molecule has 10 heteroatoms. The third kappa shape index (κ3) is 4.84. The predicted molar refractivity (Wildman–Crippen MR) is 119 cm³/mol. The number of aryl methyl sites for hydroxylation is 2. The van der Waals surface area contributed by atoms with Gasteiger partial charge in [-0.15, -0.1) is 0 Å². The van der Waals surface area contributed by atoms with Crippen molar-refractivity contribution in [2.75, 3.05) is 19.6 Å². The second kappa shape index (κ2) is 9.35. The fourth-order valence-corrected chi connectivity index (χ4v) is 3.93. The minimum Gasteiger partial charge on any atom is -0.352 e. The maximum atomic E-state index is 14.3. The molecule has 0 atom stereocenters. The quantitative estimate of drug-likeness (QED) is 0.635.